The Kier molecular flexibility index (Phi) is 6.65. The minimum Gasteiger partial charge on any atom is -0.490 e. The maximum Gasteiger partial charge on any atom is 0.222 e. The van der Waals surface area contributed by atoms with Crippen molar-refractivity contribution in [3.8, 4) is 17.6 Å². The summed E-state index contributed by atoms with van der Waals surface area (Å²) in [4.78, 5) is 8.11. The van der Waals surface area contributed by atoms with Gasteiger partial charge in [-0.3, -0.25) is 0 Å². The molecule has 2 aromatic rings. The normalized spacial score (nSPS) is 10.0. The van der Waals surface area contributed by atoms with Crippen molar-refractivity contribution in [1.29, 1.82) is 5.26 Å². The van der Waals surface area contributed by atoms with Gasteiger partial charge >= 0.3 is 0 Å². The molecule has 1 aromatic carbocycles. The molecule has 0 fully saturated rings. The standard InChI is InChI=1S/C17H21N5O2/c1-2-3-8-20-16-15(12-21-17(19)22-16)24-10-9-23-14-6-4-13(11-18)5-7-14/h4-7,12H,2-3,8-10H2,1H3,(H3,19,20,21,22). The van der Waals surface area contributed by atoms with Crippen molar-refractivity contribution in [3.63, 3.8) is 0 Å². The number of nitrogens with two attached hydrogens (primary N) is 1. The first-order valence-electron chi connectivity index (χ1n) is 7.85. The summed E-state index contributed by atoms with van der Waals surface area (Å²) in [5.74, 6) is 2.03. The van der Waals surface area contributed by atoms with Crippen LogP contribution in [0.3, 0.4) is 0 Å². The van der Waals surface area contributed by atoms with E-state index in [2.05, 4.69) is 28.3 Å². The third kappa shape index (κ3) is 5.32. The molecule has 7 heteroatoms. The van der Waals surface area contributed by atoms with Crippen LogP contribution in [0, 0.1) is 11.3 Å². The van der Waals surface area contributed by atoms with Crippen molar-refractivity contribution >= 4 is 11.8 Å². The molecule has 1 heterocycles. The van der Waals surface area contributed by atoms with Crippen LogP contribution >= 0.6 is 0 Å². The molecule has 0 spiro atoms. The fourth-order valence-corrected chi connectivity index (χ4v) is 1.94. The van der Waals surface area contributed by atoms with Gasteiger partial charge in [-0.1, -0.05) is 13.3 Å². The predicted molar refractivity (Wildman–Crippen MR) is 92.0 cm³/mol. The van der Waals surface area contributed by atoms with Crippen molar-refractivity contribution < 1.29 is 9.47 Å². The molecule has 0 radical (unpaired) electrons. The Morgan fingerprint density at radius 2 is 1.96 bits per heavy atom. The van der Waals surface area contributed by atoms with Gasteiger partial charge in [-0.15, -0.1) is 0 Å². The lowest BCUT2D eigenvalue weighted by atomic mass is 10.2. The molecule has 3 N–H and O–H groups in total. The molecule has 126 valence electrons. The number of ether oxygens (including phenoxy) is 2. The highest BCUT2D eigenvalue weighted by atomic mass is 16.5. The maximum absolute atomic E-state index is 8.75. The number of nitriles is 1. The molecule has 1 aromatic heterocycles. The topological polar surface area (TPSA) is 106 Å². The second-order valence-corrected chi connectivity index (χ2v) is 5.05. The van der Waals surface area contributed by atoms with E-state index in [1.807, 2.05) is 0 Å². The third-order valence-corrected chi connectivity index (χ3v) is 3.19. The van der Waals surface area contributed by atoms with E-state index in [-0.39, 0.29) is 5.95 Å². The van der Waals surface area contributed by atoms with Crippen LogP contribution in [-0.2, 0) is 0 Å². The molecule has 0 unspecified atom stereocenters. The number of hydrogen-bond acceptors (Lipinski definition) is 7. The molecule has 0 aliphatic heterocycles. The van der Waals surface area contributed by atoms with E-state index >= 15 is 0 Å². The molecule has 0 aliphatic carbocycles. The molecule has 24 heavy (non-hydrogen) atoms. The molecule has 0 saturated carbocycles. The number of nitrogens with one attached hydrogen (secondary N) is 1. The van der Waals surface area contributed by atoms with Gasteiger partial charge in [-0.25, -0.2) is 4.98 Å². The van der Waals surface area contributed by atoms with Crippen molar-refractivity contribution in [2.24, 2.45) is 0 Å². The minimum atomic E-state index is 0.204. The first-order chi connectivity index (χ1) is 11.7. The summed E-state index contributed by atoms with van der Waals surface area (Å²) in [5, 5.41) is 12.0. The highest BCUT2D eigenvalue weighted by Gasteiger charge is 2.07. The second-order valence-electron chi connectivity index (χ2n) is 5.05. The average Bonchev–Trinajstić information content (AvgIpc) is 2.61. The Hall–Kier alpha value is -3.01. The van der Waals surface area contributed by atoms with Crippen LogP contribution in [0.1, 0.15) is 25.3 Å². The van der Waals surface area contributed by atoms with Crippen LogP contribution in [0.4, 0.5) is 11.8 Å². The number of unbranched alkanes of at least 4 members (excludes halogenated alkanes) is 1. The van der Waals surface area contributed by atoms with Crippen molar-refractivity contribution in [2.45, 2.75) is 19.8 Å². The zero-order chi connectivity index (χ0) is 17.2. The Bertz CT molecular complexity index is 682. The van der Waals surface area contributed by atoms with Crippen LogP contribution in [0.2, 0.25) is 0 Å². The van der Waals surface area contributed by atoms with Crippen LogP contribution in [0.5, 0.6) is 11.5 Å². The van der Waals surface area contributed by atoms with E-state index in [9.17, 15) is 0 Å². The molecule has 0 bridgehead atoms. The Labute approximate surface area is 141 Å². The van der Waals surface area contributed by atoms with Crippen LogP contribution in [0.25, 0.3) is 0 Å². The molecule has 2 rings (SSSR count). The number of nitrogen functional groups attached to an aromatic ring is 1. The minimum absolute atomic E-state index is 0.204. The van der Waals surface area contributed by atoms with E-state index in [0.717, 1.165) is 19.4 Å². The number of rotatable bonds is 9. The van der Waals surface area contributed by atoms with E-state index < -0.39 is 0 Å². The van der Waals surface area contributed by atoms with Gasteiger partial charge in [0.15, 0.2) is 11.6 Å². The highest BCUT2D eigenvalue weighted by molar-refractivity contribution is 5.51. The van der Waals surface area contributed by atoms with Gasteiger partial charge < -0.3 is 20.5 Å². The monoisotopic (exact) mass is 327 g/mol. The van der Waals surface area contributed by atoms with Gasteiger partial charge in [0.2, 0.25) is 5.95 Å². The summed E-state index contributed by atoms with van der Waals surface area (Å²) in [7, 11) is 0. The number of benzene rings is 1. The van der Waals surface area contributed by atoms with Crippen LogP contribution < -0.4 is 20.5 Å². The van der Waals surface area contributed by atoms with Gasteiger partial charge in [-0.2, -0.15) is 10.2 Å². The molecule has 0 amide bonds. The average molecular weight is 327 g/mol. The SMILES string of the molecule is CCCCNc1nc(N)ncc1OCCOc1ccc(C#N)cc1. The van der Waals surface area contributed by atoms with E-state index in [4.69, 9.17) is 20.5 Å². The lowest BCUT2D eigenvalue weighted by molar-refractivity contribution is 0.217. The number of anilines is 2. The fourth-order valence-electron chi connectivity index (χ4n) is 1.94. The first-order valence-corrected chi connectivity index (χ1v) is 7.85. The summed E-state index contributed by atoms with van der Waals surface area (Å²) in [5.41, 5.74) is 6.22. The maximum atomic E-state index is 8.75. The number of hydrogen-bond donors (Lipinski definition) is 2. The molecule has 0 atom stereocenters. The van der Waals surface area contributed by atoms with Gasteiger partial charge in [0.05, 0.1) is 17.8 Å². The van der Waals surface area contributed by atoms with E-state index in [0.29, 0.717) is 36.1 Å². The molecule has 7 nitrogen and oxygen atoms in total. The summed E-state index contributed by atoms with van der Waals surface area (Å²) in [6.45, 7) is 3.62. The summed E-state index contributed by atoms with van der Waals surface area (Å²) in [6.07, 6.45) is 3.67. The number of nitrogens with zero attached hydrogens (tertiary/aromatic N) is 3. The van der Waals surface area contributed by atoms with Crippen LogP contribution in [0.15, 0.2) is 30.5 Å². The summed E-state index contributed by atoms with van der Waals surface area (Å²) in [6, 6.07) is 8.98. The van der Waals surface area contributed by atoms with Crippen LogP contribution in [-0.4, -0.2) is 29.7 Å². The lowest BCUT2D eigenvalue weighted by Gasteiger charge is -2.12. The molecular weight excluding hydrogens is 306 g/mol. The predicted octanol–water partition coefficient (Wildman–Crippen LogP) is 2.60. The lowest BCUT2D eigenvalue weighted by Crippen LogP contribution is -2.12. The highest BCUT2D eigenvalue weighted by Crippen LogP contribution is 2.21. The Morgan fingerprint density at radius 3 is 2.67 bits per heavy atom. The number of aromatic nitrogens is 2. The van der Waals surface area contributed by atoms with E-state index in [1.165, 1.54) is 0 Å². The van der Waals surface area contributed by atoms with Gasteiger partial charge in [0.1, 0.15) is 19.0 Å². The Balaban J connectivity index is 1.83. The fraction of sp³-hybridized carbons (Fsp3) is 0.353. The molecule has 0 saturated heterocycles. The quantitative estimate of drug-likeness (QED) is 0.682. The summed E-state index contributed by atoms with van der Waals surface area (Å²) < 4.78 is 11.2. The zero-order valence-corrected chi connectivity index (χ0v) is 13.7. The van der Waals surface area contributed by atoms with Crippen molar-refractivity contribution in [1.82, 2.24) is 9.97 Å². The smallest absolute Gasteiger partial charge is 0.222 e. The first kappa shape index (κ1) is 17.3. The van der Waals surface area contributed by atoms with Gasteiger partial charge in [-0.05, 0) is 30.7 Å². The largest absolute Gasteiger partial charge is 0.490 e. The summed E-state index contributed by atoms with van der Waals surface area (Å²) >= 11 is 0. The Morgan fingerprint density at radius 1 is 1.21 bits per heavy atom. The molecular formula is C17H21N5O2. The van der Waals surface area contributed by atoms with Gasteiger partial charge in [0, 0.05) is 6.54 Å². The van der Waals surface area contributed by atoms with Crippen molar-refractivity contribution in [2.75, 3.05) is 30.8 Å². The van der Waals surface area contributed by atoms with E-state index in [1.54, 1.807) is 30.5 Å². The van der Waals surface area contributed by atoms with Gasteiger partial charge in [0.25, 0.3) is 0 Å². The zero-order valence-electron chi connectivity index (χ0n) is 13.7. The third-order valence-electron chi connectivity index (χ3n) is 3.19. The second kappa shape index (κ2) is 9.20. The van der Waals surface area contributed by atoms with Crippen molar-refractivity contribution in [3.05, 3.63) is 36.0 Å². The molecule has 0 aliphatic rings.